The lowest BCUT2D eigenvalue weighted by atomic mass is 9.76. The van der Waals surface area contributed by atoms with Crippen molar-refractivity contribution in [3.05, 3.63) is 29.8 Å². The fourth-order valence-electron chi connectivity index (χ4n) is 3.99. The molecule has 0 saturated heterocycles. The number of aliphatic hydroxyl groups is 1. The van der Waals surface area contributed by atoms with Gasteiger partial charge in [-0.3, -0.25) is 9.79 Å². The Balaban J connectivity index is 2.21. The molecule has 0 radical (unpaired) electrons. The molecule has 0 bridgehead atoms. The number of ketones is 1. The fraction of sp³-hybridized carbons (Fsp3) is 0.643. The number of nitrogens with zero attached hydrogens (tertiary/aromatic N) is 5. The van der Waals surface area contributed by atoms with Crippen LogP contribution in [0.3, 0.4) is 0 Å². The molecule has 0 saturated carbocycles. The van der Waals surface area contributed by atoms with Gasteiger partial charge in [-0.05, 0) is 72.8 Å². The van der Waals surface area contributed by atoms with Gasteiger partial charge in [0.2, 0.25) is 5.96 Å². The Labute approximate surface area is 231 Å². The van der Waals surface area contributed by atoms with Crippen LogP contribution < -0.4 is 0 Å². The topological polar surface area (TPSA) is 136 Å². The zero-order valence-electron chi connectivity index (χ0n) is 24.7. The van der Waals surface area contributed by atoms with E-state index in [1.807, 2.05) is 13.8 Å². The first-order chi connectivity index (χ1) is 17.9. The van der Waals surface area contributed by atoms with Crippen LogP contribution in [0.15, 0.2) is 39.8 Å². The molecule has 1 aliphatic carbocycles. The molecule has 216 valence electrons. The maximum Gasteiger partial charge on any atom is 0.437 e. The van der Waals surface area contributed by atoms with Crippen LogP contribution in [0.25, 0.3) is 0 Å². The van der Waals surface area contributed by atoms with Crippen LogP contribution >= 0.6 is 0 Å². The van der Waals surface area contributed by atoms with Gasteiger partial charge >= 0.3 is 12.2 Å². The predicted molar refractivity (Wildman–Crippen MR) is 149 cm³/mol. The van der Waals surface area contributed by atoms with Crippen molar-refractivity contribution in [2.75, 3.05) is 13.1 Å². The van der Waals surface area contributed by atoms with Crippen molar-refractivity contribution >= 4 is 29.6 Å². The van der Waals surface area contributed by atoms with Crippen molar-refractivity contribution in [2.24, 2.45) is 15.4 Å². The van der Waals surface area contributed by atoms with Crippen LogP contribution in [0.5, 0.6) is 0 Å². The predicted octanol–water partition coefficient (Wildman–Crippen LogP) is 5.70. The van der Waals surface area contributed by atoms with Crippen LogP contribution in [0.4, 0.5) is 9.59 Å². The zero-order valence-corrected chi connectivity index (χ0v) is 24.7. The smallest absolute Gasteiger partial charge is 0.437 e. The molecule has 0 spiro atoms. The highest BCUT2D eigenvalue weighted by Crippen LogP contribution is 2.36. The third kappa shape index (κ3) is 10.3. The molecule has 1 heterocycles. The molecule has 1 N–H and O–H groups in total. The second-order valence-electron chi connectivity index (χ2n) is 12.4. The minimum absolute atomic E-state index is 0.0475. The van der Waals surface area contributed by atoms with Gasteiger partial charge in [0.15, 0.2) is 5.78 Å². The van der Waals surface area contributed by atoms with E-state index >= 15 is 0 Å². The van der Waals surface area contributed by atoms with E-state index in [1.54, 1.807) is 60.7 Å². The molecule has 1 aliphatic rings. The van der Waals surface area contributed by atoms with E-state index in [-0.39, 0.29) is 29.5 Å². The maximum absolute atomic E-state index is 13.2. The van der Waals surface area contributed by atoms with Gasteiger partial charge in [0.1, 0.15) is 17.0 Å². The quantitative estimate of drug-likeness (QED) is 0.275. The number of allylic oxidation sites excluding steroid dienone is 2. The molecule has 39 heavy (non-hydrogen) atoms. The zero-order chi connectivity index (χ0) is 29.6. The highest BCUT2D eigenvalue weighted by Gasteiger charge is 2.34. The van der Waals surface area contributed by atoms with Gasteiger partial charge in [-0.15, -0.1) is 4.99 Å². The first kappa shape index (κ1) is 31.7. The number of aliphatic hydroxyl groups excluding tert-OH is 1. The molecule has 0 atom stereocenters. The molecule has 11 nitrogen and oxygen atoms in total. The van der Waals surface area contributed by atoms with E-state index in [4.69, 9.17) is 9.47 Å². The summed E-state index contributed by atoms with van der Waals surface area (Å²) in [7, 11) is 0. The summed E-state index contributed by atoms with van der Waals surface area (Å²) in [5, 5.41) is 14.6. The number of aromatic nitrogens is 2. The van der Waals surface area contributed by atoms with E-state index in [0.717, 1.165) is 0 Å². The van der Waals surface area contributed by atoms with Crippen molar-refractivity contribution in [3.8, 4) is 0 Å². The monoisotopic (exact) mass is 545 g/mol. The number of rotatable bonds is 6. The lowest BCUT2D eigenvalue weighted by Crippen LogP contribution is -2.45. The molecule has 0 unspecified atom stereocenters. The Morgan fingerprint density at radius 1 is 1.10 bits per heavy atom. The SMILES string of the molecule is CC(=NCCCCN(C(=O)OC(C)(C)C)C(=NC(=O)OC(C)(C)C)n1cccn1)C1=C(O)CC(C)(C)CC1=O. The Kier molecular flexibility index (Phi) is 10.2. The van der Waals surface area contributed by atoms with Gasteiger partial charge in [0.25, 0.3) is 0 Å². The van der Waals surface area contributed by atoms with Gasteiger partial charge in [-0.25, -0.2) is 19.2 Å². The number of unbranched alkanes of at least 4 members (excludes halogenated alkanes) is 1. The minimum Gasteiger partial charge on any atom is -0.511 e. The Morgan fingerprint density at radius 3 is 2.28 bits per heavy atom. The maximum atomic E-state index is 13.2. The third-order valence-electron chi connectivity index (χ3n) is 5.50. The Morgan fingerprint density at radius 2 is 1.74 bits per heavy atom. The molecule has 0 aliphatic heterocycles. The summed E-state index contributed by atoms with van der Waals surface area (Å²) >= 11 is 0. The van der Waals surface area contributed by atoms with E-state index in [9.17, 15) is 19.5 Å². The van der Waals surface area contributed by atoms with Crippen molar-refractivity contribution in [2.45, 2.75) is 99.2 Å². The van der Waals surface area contributed by atoms with Gasteiger partial charge in [-0.1, -0.05) is 13.8 Å². The van der Waals surface area contributed by atoms with Crippen LogP contribution in [-0.4, -0.2) is 73.7 Å². The van der Waals surface area contributed by atoms with Crippen molar-refractivity contribution in [1.29, 1.82) is 0 Å². The van der Waals surface area contributed by atoms with Gasteiger partial charge < -0.3 is 14.6 Å². The lowest BCUT2D eigenvalue weighted by molar-refractivity contribution is -0.117. The molecule has 11 heteroatoms. The highest BCUT2D eigenvalue weighted by molar-refractivity contribution is 6.22. The van der Waals surface area contributed by atoms with Gasteiger partial charge in [0, 0.05) is 44.0 Å². The largest absolute Gasteiger partial charge is 0.511 e. The normalized spacial score (nSPS) is 16.8. The van der Waals surface area contributed by atoms with Crippen LogP contribution in [0, 0.1) is 5.41 Å². The average Bonchev–Trinajstić information content (AvgIpc) is 3.25. The average molecular weight is 546 g/mol. The van der Waals surface area contributed by atoms with Crippen molar-refractivity contribution in [3.63, 3.8) is 0 Å². The van der Waals surface area contributed by atoms with Crippen LogP contribution in [0.2, 0.25) is 0 Å². The van der Waals surface area contributed by atoms with Gasteiger partial charge in [-0.2, -0.15) is 5.10 Å². The van der Waals surface area contributed by atoms with Crippen LogP contribution in [-0.2, 0) is 14.3 Å². The second-order valence-corrected chi connectivity index (χ2v) is 12.4. The second kappa shape index (κ2) is 12.6. The summed E-state index contributed by atoms with van der Waals surface area (Å²) < 4.78 is 12.2. The number of hydrogen-bond donors (Lipinski definition) is 1. The molecular weight excluding hydrogens is 502 g/mol. The molecule has 0 fully saturated rings. The number of carbonyl (C=O) groups excluding carboxylic acids is 3. The van der Waals surface area contributed by atoms with E-state index in [1.165, 1.54) is 15.8 Å². The first-order valence-electron chi connectivity index (χ1n) is 13.2. The summed E-state index contributed by atoms with van der Waals surface area (Å²) in [5.74, 6) is -0.0761. The summed E-state index contributed by atoms with van der Waals surface area (Å²) in [4.78, 5) is 48.1. The van der Waals surface area contributed by atoms with E-state index in [0.29, 0.717) is 43.5 Å². The number of aliphatic imine (C=N–C) groups is 2. The highest BCUT2D eigenvalue weighted by atomic mass is 16.6. The minimum atomic E-state index is -0.866. The molecule has 2 rings (SSSR count). The Hall–Kier alpha value is -3.50. The number of carbonyl (C=O) groups is 3. The molecule has 1 aromatic rings. The number of amides is 2. The Bertz CT molecular complexity index is 1130. The summed E-state index contributed by atoms with van der Waals surface area (Å²) in [6, 6.07) is 1.65. The molecule has 1 aromatic heterocycles. The van der Waals surface area contributed by atoms with Crippen molar-refractivity contribution < 1.29 is 29.0 Å². The fourth-order valence-corrected chi connectivity index (χ4v) is 3.99. The lowest BCUT2D eigenvalue weighted by Gasteiger charge is -2.29. The number of hydrogen-bond acceptors (Lipinski definition) is 8. The van der Waals surface area contributed by atoms with Crippen LogP contribution in [0.1, 0.15) is 88.0 Å². The van der Waals surface area contributed by atoms with Gasteiger partial charge in [0.05, 0.1) is 5.57 Å². The number of ether oxygens (including phenoxy) is 2. The van der Waals surface area contributed by atoms with E-state index in [2.05, 4.69) is 15.1 Å². The molecule has 0 aromatic carbocycles. The van der Waals surface area contributed by atoms with Crippen molar-refractivity contribution in [1.82, 2.24) is 14.7 Å². The molecular formula is C28H43N5O6. The third-order valence-corrected chi connectivity index (χ3v) is 5.50. The number of Topliss-reactive ketones (excluding diaryl/α,β-unsaturated/α-hetero) is 1. The molecule has 2 amide bonds. The first-order valence-corrected chi connectivity index (χ1v) is 13.2. The standard InChI is InChI=1S/C28H43N5O6/c1-19(22-20(34)17-28(8,9)18-21(22)35)29-13-10-11-15-32(25(37)39-27(5,6)7)23(33-16-12-14-30-33)31-24(36)38-26(2,3)4/h12,14,16,34H,10-11,13,15,17-18H2,1-9H3. The van der Waals surface area contributed by atoms with E-state index < -0.39 is 23.4 Å². The summed E-state index contributed by atoms with van der Waals surface area (Å²) in [6.45, 7) is 16.6. The summed E-state index contributed by atoms with van der Waals surface area (Å²) in [5.41, 5.74) is -1.03. The summed E-state index contributed by atoms with van der Waals surface area (Å²) in [6.07, 6.45) is 3.35.